The third-order valence-corrected chi connectivity index (χ3v) is 6.48. The number of hydrogen-bond donors (Lipinski definition) is 4. The Bertz CT molecular complexity index is 771. The standard InChI is InChI=1S/C25H40N4O2/c1-19(21-11-10-20-8-5-6-9-22(20)16-21)26-23(30)17-28-12-7-13-29(15-14-28)18-24(31)27-25(2,3)4/h10-11,16,19H,5-9,12-15,17-18H2,1-4H3,(H,26,30)(H,27,31)/p+2/t19-/m1/s1. The number of rotatable bonds is 6. The molecule has 0 bridgehead atoms. The zero-order chi connectivity index (χ0) is 22.4. The van der Waals surface area contributed by atoms with Gasteiger partial charge in [-0.15, -0.1) is 0 Å². The monoisotopic (exact) mass is 430 g/mol. The van der Waals surface area contributed by atoms with E-state index in [1.165, 1.54) is 45.8 Å². The normalized spacial score (nSPS) is 22.7. The first-order valence-corrected chi connectivity index (χ1v) is 12.1. The number of amides is 2. The third kappa shape index (κ3) is 7.62. The molecule has 4 N–H and O–H groups in total. The summed E-state index contributed by atoms with van der Waals surface area (Å²) in [5.74, 6) is 0.233. The van der Waals surface area contributed by atoms with Gasteiger partial charge in [-0.2, -0.15) is 0 Å². The lowest BCUT2D eigenvalue weighted by atomic mass is 9.89. The van der Waals surface area contributed by atoms with Crippen molar-refractivity contribution in [1.82, 2.24) is 10.6 Å². The van der Waals surface area contributed by atoms with Gasteiger partial charge in [0.05, 0.1) is 19.1 Å². The summed E-state index contributed by atoms with van der Waals surface area (Å²) in [6.07, 6.45) is 5.95. The highest BCUT2D eigenvalue weighted by molar-refractivity contribution is 5.77. The summed E-state index contributed by atoms with van der Waals surface area (Å²) in [5, 5.41) is 6.26. The van der Waals surface area contributed by atoms with Crippen LogP contribution in [-0.2, 0) is 22.4 Å². The molecule has 6 heteroatoms. The fourth-order valence-corrected chi connectivity index (χ4v) is 4.86. The van der Waals surface area contributed by atoms with E-state index in [1.54, 1.807) is 0 Å². The molecule has 6 nitrogen and oxygen atoms in total. The lowest BCUT2D eigenvalue weighted by molar-refractivity contribution is -0.930. The van der Waals surface area contributed by atoms with Crippen LogP contribution < -0.4 is 20.4 Å². The quantitative estimate of drug-likeness (QED) is 0.506. The molecule has 172 valence electrons. The molecule has 3 rings (SSSR count). The Morgan fingerprint density at radius 1 is 0.903 bits per heavy atom. The van der Waals surface area contributed by atoms with E-state index in [0.717, 1.165) is 39.0 Å². The van der Waals surface area contributed by atoms with Crippen LogP contribution in [0.1, 0.15) is 69.7 Å². The highest BCUT2D eigenvalue weighted by Crippen LogP contribution is 2.24. The Hall–Kier alpha value is -1.92. The highest BCUT2D eigenvalue weighted by Gasteiger charge is 2.25. The highest BCUT2D eigenvalue weighted by atomic mass is 16.2. The number of hydrogen-bond acceptors (Lipinski definition) is 2. The fraction of sp³-hybridized carbons (Fsp3) is 0.680. The van der Waals surface area contributed by atoms with Crippen molar-refractivity contribution < 1.29 is 19.4 Å². The van der Waals surface area contributed by atoms with Crippen molar-refractivity contribution in [1.29, 1.82) is 0 Å². The molecule has 0 spiro atoms. The maximum absolute atomic E-state index is 12.7. The first kappa shape index (κ1) is 23.7. The minimum atomic E-state index is -0.188. The van der Waals surface area contributed by atoms with Crippen molar-refractivity contribution in [3.63, 3.8) is 0 Å². The van der Waals surface area contributed by atoms with E-state index >= 15 is 0 Å². The molecule has 0 aromatic heterocycles. The summed E-state index contributed by atoms with van der Waals surface area (Å²) in [7, 11) is 0. The van der Waals surface area contributed by atoms with Gasteiger partial charge < -0.3 is 20.4 Å². The van der Waals surface area contributed by atoms with Crippen molar-refractivity contribution >= 4 is 11.8 Å². The first-order valence-electron chi connectivity index (χ1n) is 12.1. The number of aryl methyl sites for hydroxylation is 2. The predicted octanol–water partition coefficient (Wildman–Crippen LogP) is -0.169. The Morgan fingerprint density at radius 2 is 1.52 bits per heavy atom. The van der Waals surface area contributed by atoms with Gasteiger partial charge in [-0.3, -0.25) is 9.59 Å². The average molecular weight is 431 g/mol. The van der Waals surface area contributed by atoms with Gasteiger partial charge in [0, 0.05) is 12.0 Å². The summed E-state index contributed by atoms with van der Waals surface area (Å²) < 4.78 is 0. The Morgan fingerprint density at radius 3 is 2.16 bits per heavy atom. The molecular weight excluding hydrogens is 388 g/mol. The smallest absolute Gasteiger partial charge is 0.275 e. The van der Waals surface area contributed by atoms with E-state index in [0.29, 0.717) is 13.1 Å². The molecule has 1 aromatic rings. The fourth-order valence-electron chi connectivity index (χ4n) is 4.86. The minimum Gasteiger partial charge on any atom is -0.347 e. The van der Waals surface area contributed by atoms with Crippen LogP contribution in [0.3, 0.4) is 0 Å². The lowest BCUT2D eigenvalue weighted by Gasteiger charge is -2.23. The lowest BCUT2D eigenvalue weighted by Crippen LogP contribution is -3.18. The van der Waals surface area contributed by atoms with Gasteiger partial charge in [0.2, 0.25) is 0 Å². The van der Waals surface area contributed by atoms with E-state index < -0.39 is 0 Å². The number of benzene rings is 1. The molecule has 1 saturated heterocycles. The SMILES string of the molecule is C[C@@H](NC(=O)C[NH+]1CCC[NH+](CC(=O)NC(C)(C)C)CC1)c1ccc2c(c1)CCCC2. The van der Waals surface area contributed by atoms with Gasteiger partial charge >= 0.3 is 0 Å². The third-order valence-electron chi connectivity index (χ3n) is 6.48. The second kappa shape index (κ2) is 10.6. The van der Waals surface area contributed by atoms with E-state index in [-0.39, 0.29) is 23.4 Å². The van der Waals surface area contributed by atoms with Crippen molar-refractivity contribution in [2.75, 3.05) is 39.3 Å². The summed E-state index contributed by atoms with van der Waals surface area (Å²) in [5.41, 5.74) is 3.96. The van der Waals surface area contributed by atoms with Crippen molar-refractivity contribution in [3.8, 4) is 0 Å². The van der Waals surface area contributed by atoms with Crippen LogP contribution in [-0.4, -0.2) is 56.6 Å². The van der Waals surface area contributed by atoms with Crippen LogP contribution in [0.4, 0.5) is 0 Å². The van der Waals surface area contributed by atoms with Crippen molar-refractivity contribution in [2.24, 2.45) is 0 Å². The zero-order valence-electron chi connectivity index (χ0n) is 19.9. The maximum Gasteiger partial charge on any atom is 0.275 e. The van der Waals surface area contributed by atoms with Gasteiger partial charge in [0.15, 0.2) is 13.1 Å². The van der Waals surface area contributed by atoms with E-state index in [9.17, 15) is 9.59 Å². The number of fused-ring (bicyclic) bond motifs is 1. The Balaban J connectivity index is 1.44. The summed E-state index contributed by atoms with van der Waals surface area (Å²) in [6, 6.07) is 6.76. The van der Waals surface area contributed by atoms with Gasteiger partial charge in [-0.05, 0) is 70.1 Å². The van der Waals surface area contributed by atoms with Gasteiger partial charge in [-0.25, -0.2) is 0 Å². The van der Waals surface area contributed by atoms with Crippen LogP contribution in [0.5, 0.6) is 0 Å². The van der Waals surface area contributed by atoms with Crippen LogP contribution >= 0.6 is 0 Å². The maximum atomic E-state index is 12.7. The molecule has 2 aliphatic rings. The average Bonchev–Trinajstić information content (AvgIpc) is 2.91. The molecular formula is C25H42N4O2+2. The van der Waals surface area contributed by atoms with Crippen LogP contribution in [0, 0.1) is 0 Å². The molecule has 0 saturated carbocycles. The van der Waals surface area contributed by atoms with Crippen molar-refractivity contribution in [2.45, 2.75) is 71.4 Å². The molecule has 1 fully saturated rings. The number of nitrogens with one attached hydrogen (secondary N) is 4. The van der Waals surface area contributed by atoms with E-state index in [2.05, 4.69) is 35.8 Å². The second-order valence-electron chi connectivity index (χ2n) is 10.5. The van der Waals surface area contributed by atoms with Gasteiger partial charge in [-0.1, -0.05) is 18.2 Å². The zero-order valence-corrected chi connectivity index (χ0v) is 19.9. The van der Waals surface area contributed by atoms with E-state index in [4.69, 9.17) is 0 Å². The summed E-state index contributed by atoms with van der Waals surface area (Å²) >= 11 is 0. The van der Waals surface area contributed by atoms with Gasteiger partial charge in [0.1, 0.15) is 13.1 Å². The van der Waals surface area contributed by atoms with Crippen LogP contribution in [0.2, 0.25) is 0 Å². The molecule has 2 unspecified atom stereocenters. The molecule has 1 heterocycles. The van der Waals surface area contributed by atoms with Crippen LogP contribution in [0.15, 0.2) is 18.2 Å². The summed E-state index contributed by atoms with van der Waals surface area (Å²) in [4.78, 5) is 27.6. The molecule has 2 amide bonds. The Kier molecular flexibility index (Phi) is 8.11. The first-order chi connectivity index (χ1) is 14.7. The molecule has 0 radical (unpaired) electrons. The summed E-state index contributed by atoms with van der Waals surface area (Å²) in [6.45, 7) is 13.0. The van der Waals surface area contributed by atoms with Crippen LogP contribution in [0.25, 0.3) is 0 Å². The molecule has 1 aliphatic heterocycles. The number of carbonyl (C=O) groups excluding carboxylic acids is 2. The van der Waals surface area contributed by atoms with E-state index in [1.807, 2.05) is 20.8 Å². The predicted molar refractivity (Wildman–Crippen MR) is 123 cm³/mol. The molecule has 1 aliphatic carbocycles. The number of quaternary nitrogens is 2. The minimum absolute atomic E-state index is 0.0364. The van der Waals surface area contributed by atoms with Gasteiger partial charge in [0.25, 0.3) is 11.8 Å². The largest absolute Gasteiger partial charge is 0.347 e. The Labute approximate surface area is 187 Å². The molecule has 31 heavy (non-hydrogen) atoms. The number of carbonyl (C=O) groups is 2. The second-order valence-corrected chi connectivity index (χ2v) is 10.5. The van der Waals surface area contributed by atoms with Crippen molar-refractivity contribution in [3.05, 3.63) is 34.9 Å². The molecule has 1 aromatic carbocycles. The topological polar surface area (TPSA) is 67.1 Å². The molecule has 3 atom stereocenters.